The van der Waals surface area contributed by atoms with Gasteiger partial charge in [0.25, 0.3) is 0 Å². The molecule has 0 heterocycles. The summed E-state index contributed by atoms with van der Waals surface area (Å²) in [7, 11) is 0. The van der Waals surface area contributed by atoms with Crippen molar-refractivity contribution in [2.45, 2.75) is 26.2 Å². The summed E-state index contributed by atoms with van der Waals surface area (Å²) < 4.78 is 0. The number of hydrogen-bond donors (Lipinski definition) is 0. The van der Waals surface area contributed by atoms with Crippen molar-refractivity contribution >= 4 is 49.4 Å². The van der Waals surface area contributed by atoms with Crippen molar-refractivity contribution in [3.8, 4) is 11.1 Å². The van der Waals surface area contributed by atoms with Gasteiger partial charge < -0.3 is 4.90 Å². The first-order chi connectivity index (χ1) is 20.0. The van der Waals surface area contributed by atoms with E-state index >= 15 is 0 Å². The van der Waals surface area contributed by atoms with Crippen molar-refractivity contribution in [2.75, 3.05) is 4.90 Å². The molecular weight excluding hydrogens is 494 g/mol. The smallest absolute Gasteiger partial charge is 0.0490 e. The molecule has 7 aromatic rings. The molecule has 0 radical (unpaired) electrons. The molecule has 0 atom stereocenters. The van der Waals surface area contributed by atoms with Crippen LogP contribution in [0.25, 0.3) is 43.4 Å². The summed E-state index contributed by atoms with van der Waals surface area (Å²) in [6, 6.07) is 49.0. The van der Waals surface area contributed by atoms with Crippen LogP contribution in [0.3, 0.4) is 0 Å². The average molecular weight is 526 g/mol. The second-order valence-corrected chi connectivity index (χ2v) is 11.9. The van der Waals surface area contributed by atoms with Crippen LogP contribution in [0, 0.1) is 6.92 Å². The fraction of sp³-hybridized carbons (Fsp3) is 0.100. The van der Waals surface area contributed by atoms with Crippen molar-refractivity contribution in [1.29, 1.82) is 0 Å². The summed E-state index contributed by atoms with van der Waals surface area (Å²) in [5.74, 6) is 0. The van der Waals surface area contributed by atoms with Crippen LogP contribution in [-0.2, 0) is 5.41 Å². The number of anilines is 3. The fourth-order valence-electron chi connectivity index (χ4n) is 7.16. The lowest BCUT2D eigenvalue weighted by Crippen LogP contribution is -2.16. The van der Waals surface area contributed by atoms with E-state index in [4.69, 9.17) is 0 Å². The van der Waals surface area contributed by atoms with E-state index in [1.807, 2.05) is 0 Å². The van der Waals surface area contributed by atoms with Gasteiger partial charge in [-0.2, -0.15) is 0 Å². The van der Waals surface area contributed by atoms with Crippen LogP contribution in [0.1, 0.15) is 30.5 Å². The van der Waals surface area contributed by atoms with E-state index in [1.165, 1.54) is 71.5 Å². The van der Waals surface area contributed by atoms with Crippen molar-refractivity contribution in [3.63, 3.8) is 0 Å². The summed E-state index contributed by atoms with van der Waals surface area (Å²) in [6.07, 6.45) is 0. The van der Waals surface area contributed by atoms with E-state index < -0.39 is 0 Å². The van der Waals surface area contributed by atoms with Crippen molar-refractivity contribution in [2.24, 2.45) is 0 Å². The summed E-state index contributed by atoms with van der Waals surface area (Å²) in [6.45, 7) is 6.99. The van der Waals surface area contributed by atoms with Crippen LogP contribution in [0.5, 0.6) is 0 Å². The molecule has 0 aromatic heterocycles. The van der Waals surface area contributed by atoms with Crippen molar-refractivity contribution in [3.05, 3.63) is 150 Å². The number of nitrogens with zero attached hydrogens (tertiary/aromatic N) is 1. The molecule has 8 rings (SSSR count). The Balaban J connectivity index is 1.45. The quantitative estimate of drug-likeness (QED) is 0.207. The molecule has 1 nitrogen and oxygen atoms in total. The third-order valence-corrected chi connectivity index (χ3v) is 9.09. The van der Waals surface area contributed by atoms with Gasteiger partial charge in [0.2, 0.25) is 0 Å². The summed E-state index contributed by atoms with van der Waals surface area (Å²) >= 11 is 0. The summed E-state index contributed by atoms with van der Waals surface area (Å²) in [4.78, 5) is 2.39. The van der Waals surface area contributed by atoms with Gasteiger partial charge in [-0.05, 0) is 110 Å². The highest BCUT2D eigenvalue weighted by Gasteiger charge is 2.38. The Labute approximate surface area is 241 Å². The molecule has 1 aliphatic carbocycles. The highest BCUT2D eigenvalue weighted by Crippen LogP contribution is 2.55. The molecule has 0 amide bonds. The maximum Gasteiger partial charge on any atom is 0.0490 e. The molecule has 0 unspecified atom stereocenters. The van der Waals surface area contributed by atoms with Crippen LogP contribution >= 0.6 is 0 Å². The predicted octanol–water partition coefficient (Wildman–Crippen LogP) is 11.2. The number of benzene rings is 7. The first-order valence-electron chi connectivity index (χ1n) is 14.5. The van der Waals surface area contributed by atoms with Gasteiger partial charge in [-0.3, -0.25) is 0 Å². The largest absolute Gasteiger partial charge is 0.310 e. The molecule has 0 saturated carbocycles. The Kier molecular flexibility index (Phi) is 5.15. The number of rotatable bonds is 3. The Morgan fingerprint density at radius 3 is 1.95 bits per heavy atom. The molecule has 0 bridgehead atoms. The van der Waals surface area contributed by atoms with Crippen LogP contribution in [0.4, 0.5) is 17.1 Å². The molecule has 0 aliphatic heterocycles. The van der Waals surface area contributed by atoms with Crippen LogP contribution < -0.4 is 4.90 Å². The summed E-state index contributed by atoms with van der Waals surface area (Å²) in [5, 5.41) is 7.88. The molecule has 0 spiro atoms. The van der Waals surface area contributed by atoms with E-state index in [2.05, 4.69) is 159 Å². The van der Waals surface area contributed by atoms with Gasteiger partial charge in [-0.1, -0.05) is 105 Å². The van der Waals surface area contributed by atoms with E-state index in [0.717, 1.165) is 5.69 Å². The average Bonchev–Trinajstić information content (AvgIpc) is 3.24. The molecule has 0 N–H and O–H groups in total. The predicted molar refractivity (Wildman–Crippen MR) is 176 cm³/mol. The topological polar surface area (TPSA) is 3.24 Å². The summed E-state index contributed by atoms with van der Waals surface area (Å²) in [5.41, 5.74) is 10.3. The third-order valence-electron chi connectivity index (χ3n) is 9.09. The molecule has 196 valence electrons. The first kappa shape index (κ1) is 24.0. The molecule has 41 heavy (non-hydrogen) atoms. The van der Waals surface area contributed by atoms with Gasteiger partial charge >= 0.3 is 0 Å². The lowest BCUT2D eigenvalue weighted by atomic mass is 9.79. The highest BCUT2D eigenvalue weighted by molar-refractivity contribution is 6.19. The number of aryl methyl sites for hydroxylation is 1. The molecule has 7 aromatic carbocycles. The van der Waals surface area contributed by atoms with Gasteiger partial charge in [0.15, 0.2) is 0 Å². The Morgan fingerprint density at radius 2 is 1.17 bits per heavy atom. The minimum Gasteiger partial charge on any atom is -0.310 e. The van der Waals surface area contributed by atoms with Crippen LogP contribution in [0.15, 0.2) is 133 Å². The van der Waals surface area contributed by atoms with Gasteiger partial charge in [0.1, 0.15) is 0 Å². The second-order valence-electron chi connectivity index (χ2n) is 11.9. The second kappa shape index (κ2) is 8.81. The standard InChI is InChI=1S/C40H31N/c1-26-13-7-12-20-37(26)41(29-16-5-4-6-17-29)30-21-22-33-34(25-30)31-18-10-11-19-32(31)38-35-23-27-14-8-9-15-28(27)24-36(35)40(2,3)39(33)38/h4-25H,1-3H3. The van der Waals surface area contributed by atoms with Gasteiger partial charge in [0, 0.05) is 22.5 Å². The van der Waals surface area contributed by atoms with E-state index in [9.17, 15) is 0 Å². The van der Waals surface area contributed by atoms with Gasteiger partial charge in [-0.25, -0.2) is 0 Å². The zero-order valence-electron chi connectivity index (χ0n) is 23.6. The van der Waals surface area contributed by atoms with Crippen molar-refractivity contribution in [1.82, 2.24) is 0 Å². The van der Waals surface area contributed by atoms with Crippen LogP contribution in [0.2, 0.25) is 0 Å². The Hall–Kier alpha value is -4.88. The molecule has 0 saturated heterocycles. The third kappa shape index (κ3) is 3.49. The zero-order valence-corrected chi connectivity index (χ0v) is 23.6. The number of para-hydroxylation sites is 2. The SMILES string of the molecule is Cc1ccccc1N(c1ccccc1)c1ccc2c3c(c4ccccc4c2c1)-c1cc2ccccc2cc1C3(C)C. The van der Waals surface area contributed by atoms with E-state index in [-0.39, 0.29) is 5.41 Å². The minimum absolute atomic E-state index is 0.117. The van der Waals surface area contributed by atoms with Gasteiger partial charge in [-0.15, -0.1) is 0 Å². The number of hydrogen-bond acceptors (Lipinski definition) is 1. The monoisotopic (exact) mass is 525 g/mol. The number of fused-ring (bicyclic) bond motifs is 9. The minimum atomic E-state index is -0.117. The first-order valence-corrected chi connectivity index (χ1v) is 14.5. The Morgan fingerprint density at radius 1 is 0.512 bits per heavy atom. The highest BCUT2D eigenvalue weighted by atomic mass is 15.1. The van der Waals surface area contributed by atoms with Crippen molar-refractivity contribution < 1.29 is 0 Å². The maximum absolute atomic E-state index is 2.43. The molecule has 0 fully saturated rings. The van der Waals surface area contributed by atoms with Gasteiger partial charge in [0.05, 0.1) is 0 Å². The van der Waals surface area contributed by atoms with Crippen LogP contribution in [-0.4, -0.2) is 0 Å². The maximum atomic E-state index is 2.43. The fourth-order valence-corrected chi connectivity index (χ4v) is 7.16. The lowest BCUT2D eigenvalue weighted by Gasteiger charge is -2.28. The molecule has 1 aliphatic rings. The lowest BCUT2D eigenvalue weighted by molar-refractivity contribution is 0.667. The molecule has 1 heteroatoms. The molecular formula is C40H31N. The van der Waals surface area contributed by atoms with E-state index in [0.29, 0.717) is 0 Å². The normalized spacial score (nSPS) is 13.4. The Bertz CT molecular complexity index is 2140. The zero-order chi connectivity index (χ0) is 27.7. The van der Waals surface area contributed by atoms with E-state index in [1.54, 1.807) is 0 Å².